The first-order chi connectivity index (χ1) is 7.75. The lowest BCUT2D eigenvalue weighted by molar-refractivity contribution is 1.04. The second kappa shape index (κ2) is 4.94. The molecule has 0 atom stereocenters. The van der Waals surface area contributed by atoms with E-state index in [-0.39, 0.29) is 0 Å². The summed E-state index contributed by atoms with van der Waals surface area (Å²) < 4.78 is 0. The summed E-state index contributed by atoms with van der Waals surface area (Å²) in [5, 5.41) is 3.79. The molecule has 0 aromatic carbocycles. The zero-order valence-corrected chi connectivity index (χ0v) is 9.70. The number of pyridine rings is 2. The van der Waals surface area contributed by atoms with Crippen molar-refractivity contribution >= 4 is 17.3 Å². The molecule has 1 N–H and O–H groups in total. The van der Waals surface area contributed by atoms with E-state index in [0.29, 0.717) is 11.7 Å². The van der Waals surface area contributed by atoms with Gasteiger partial charge in [0.2, 0.25) is 0 Å². The van der Waals surface area contributed by atoms with E-state index >= 15 is 0 Å². The minimum Gasteiger partial charge on any atom is -0.378 e. The van der Waals surface area contributed by atoms with Gasteiger partial charge < -0.3 is 5.32 Å². The molecule has 0 radical (unpaired) electrons. The molecule has 2 rings (SSSR count). The van der Waals surface area contributed by atoms with Crippen molar-refractivity contribution in [1.29, 1.82) is 0 Å². The minimum atomic E-state index is 0.515. The molecule has 0 aliphatic rings. The van der Waals surface area contributed by atoms with Crippen LogP contribution in [0.3, 0.4) is 0 Å². The van der Waals surface area contributed by atoms with E-state index in [1.807, 2.05) is 31.2 Å². The molecule has 0 amide bonds. The fourth-order valence-corrected chi connectivity index (χ4v) is 1.61. The first-order valence-electron chi connectivity index (χ1n) is 5.01. The van der Waals surface area contributed by atoms with Gasteiger partial charge in [0, 0.05) is 6.20 Å². The maximum Gasteiger partial charge on any atom is 0.129 e. The lowest BCUT2D eigenvalue weighted by Crippen LogP contribution is -2.02. The van der Waals surface area contributed by atoms with Gasteiger partial charge >= 0.3 is 0 Å². The lowest BCUT2D eigenvalue weighted by atomic mass is 10.2. The minimum absolute atomic E-state index is 0.515. The van der Waals surface area contributed by atoms with Crippen LogP contribution in [0.2, 0.25) is 5.15 Å². The molecule has 0 saturated heterocycles. The summed E-state index contributed by atoms with van der Waals surface area (Å²) >= 11 is 5.78. The number of halogens is 1. The highest BCUT2D eigenvalue weighted by Crippen LogP contribution is 2.17. The number of anilines is 1. The van der Waals surface area contributed by atoms with Crippen LogP contribution in [-0.2, 0) is 6.54 Å². The van der Waals surface area contributed by atoms with E-state index in [1.165, 1.54) is 0 Å². The van der Waals surface area contributed by atoms with Gasteiger partial charge in [-0.25, -0.2) is 4.98 Å². The van der Waals surface area contributed by atoms with Gasteiger partial charge in [0.05, 0.1) is 24.1 Å². The van der Waals surface area contributed by atoms with Crippen LogP contribution in [0.25, 0.3) is 0 Å². The number of nitrogens with one attached hydrogen (secondary N) is 1. The van der Waals surface area contributed by atoms with Gasteiger partial charge in [0.15, 0.2) is 0 Å². The Morgan fingerprint density at radius 1 is 1.31 bits per heavy atom. The van der Waals surface area contributed by atoms with Crippen molar-refractivity contribution in [3.05, 3.63) is 53.1 Å². The van der Waals surface area contributed by atoms with Crippen molar-refractivity contribution < 1.29 is 0 Å². The van der Waals surface area contributed by atoms with Crippen LogP contribution < -0.4 is 5.32 Å². The number of nitrogens with zero attached hydrogens (tertiary/aromatic N) is 2. The highest BCUT2D eigenvalue weighted by molar-refractivity contribution is 6.29. The average molecular weight is 234 g/mol. The number of aryl methyl sites for hydroxylation is 1. The Labute approximate surface area is 99.5 Å². The van der Waals surface area contributed by atoms with Gasteiger partial charge in [-0.3, -0.25) is 4.98 Å². The highest BCUT2D eigenvalue weighted by atomic mass is 35.5. The molecule has 0 spiro atoms. The summed E-state index contributed by atoms with van der Waals surface area (Å²) in [7, 11) is 0. The van der Waals surface area contributed by atoms with Crippen LogP contribution >= 0.6 is 11.6 Å². The molecule has 0 saturated carbocycles. The third kappa shape index (κ3) is 2.70. The Morgan fingerprint density at radius 2 is 2.19 bits per heavy atom. The van der Waals surface area contributed by atoms with E-state index in [2.05, 4.69) is 15.3 Å². The Bertz CT molecular complexity index is 471. The summed E-state index contributed by atoms with van der Waals surface area (Å²) in [4.78, 5) is 8.27. The first kappa shape index (κ1) is 10.9. The molecule has 3 nitrogen and oxygen atoms in total. The van der Waals surface area contributed by atoms with Crippen molar-refractivity contribution in [1.82, 2.24) is 9.97 Å². The van der Waals surface area contributed by atoms with Crippen LogP contribution in [-0.4, -0.2) is 9.97 Å². The predicted octanol–water partition coefficient (Wildman–Crippen LogP) is 3.05. The predicted molar refractivity (Wildman–Crippen MR) is 65.5 cm³/mol. The molecule has 2 heterocycles. The Balaban J connectivity index is 2.05. The maximum absolute atomic E-state index is 5.78. The highest BCUT2D eigenvalue weighted by Gasteiger charge is 2.00. The van der Waals surface area contributed by atoms with Crippen molar-refractivity contribution in [3.63, 3.8) is 0 Å². The topological polar surface area (TPSA) is 37.8 Å². The summed E-state index contributed by atoms with van der Waals surface area (Å²) in [6, 6.07) is 7.68. The largest absolute Gasteiger partial charge is 0.378 e. The van der Waals surface area contributed by atoms with Crippen molar-refractivity contribution in [2.75, 3.05) is 5.32 Å². The van der Waals surface area contributed by atoms with Gasteiger partial charge in [-0.2, -0.15) is 0 Å². The van der Waals surface area contributed by atoms with Crippen LogP contribution in [0.4, 0.5) is 5.69 Å². The molecule has 0 aliphatic carbocycles. The van der Waals surface area contributed by atoms with Crippen LogP contribution in [0.5, 0.6) is 0 Å². The maximum atomic E-state index is 5.78. The summed E-state index contributed by atoms with van der Waals surface area (Å²) in [6.07, 6.45) is 3.52. The molecule has 2 aromatic heterocycles. The van der Waals surface area contributed by atoms with Crippen LogP contribution in [0.15, 0.2) is 36.7 Å². The molecule has 0 unspecified atom stereocenters. The van der Waals surface area contributed by atoms with Crippen molar-refractivity contribution in [2.45, 2.75) is 13.5 Å². The van der Waals surface area contributed by atoms with E-state index in [4.69, 9.17) is 11.6 Å². The molecule has 4 heteroatoms. The zero-order valence-electron chi connectivity index (χ0n) is 8.94. The van der Waals surface area contributed by atoms with Crippen LogP contribution in [0.1, 0.15) is 11.3 Å². The summed E-state index contributed by atoms with van der Waals surface area (Å²) in [6.45, 7) is 2.68. The quantitative estimate of drug-likeness (QED) is 0.828. The number of rotatable bonds is 3. The third-order valence-electron chi connectivity index (χ3n) is 2.26. The Hall–Kier alpha value is -1.61. The van der Waals surface area contributed by atoms with Gasteiger partial charge in [0.25, 0.3) is 0 Å². The zero-order chi connectivity index (χ0) is 11.4. The standard InChI is InChI=1S/C12H12ClN3/c1-9-6-12(13)16-8-11(9)15-7-10-4-2-3-5-14-10/h2-6,8,15H,7H2,1H3. The Morgan fingerprint density at radius 3 is 2.88 bits per heavy atom. The van der Waals surface area contributed by atoms with E-state index in [1.54, 1.807) is 12.4 Å². The normalized spacial score (nSPS) is 10.1. The van der Waals surface area contributed by atoms with Crippen LogP contribution in [0, 0.1) is 6.92 Å². The molecule has 2 aromatic rings. The van der Waals surface area contributed by atoms with Gasteiger partial charge in [-0.15, -0.1) is 0 Å². The van der Waals surface area contributed by atoms with E-state index < -0.39 is 0 Å². The number of aromatic nitrogens is 2. The second-order valence-corrected chi connectivity index (χ2v) is 3.88. The van der Waals surface area contributed by atoms with E-state index in [9.17, 15) is 0 Å². The summed E-state index contributed by atoms with van der Waals surface area (Å²) in [5.74, 6) is 0. The molecule has 16 heavy (non-hydrogen) atoms. The molecular formula is C12H12ClN3. The first-order valence-corrected chi connectivity index (χ1v) is 5.39. The van der Waals surface area contributed by atoms with Crippen molar-refractivity contribution in [2.24, 2.45) is 0 Å². The molecule has 0 aliphatic heterocycles. The number of hydrogen-bond donors (Lipinski definition) is 1. The van der Waals surface area contributed by atoms with E-state index in [0.717, 1.165) is 16.9 Å². The fraction of sp³-hybridized carbons (Fsp3) is 0.167. The lowest BCUT2D eigenvalue weighted by Gasteiger charge is -2.08. The Kier molecular flexibility index (Phi) is 3.37. The third-order valence-corrected chi connectivity index (χ3v) is 2.47. The molecule has 0 fully saturated rings. The average Bonchev–Trinajstić information content (AvgIpc) is 2.29. The smallest absolute Gasteiger partial charge is 0.129 e. The fourth-order valence-electron chi connectivity index (χ4n) is 1.40. The van der Waals surface area contributed by atoms with Gasteiger partial charge in [-0.05, 0) is 30.7 Å². The van der Waals surface area contributed by atoms with Gasteiger partial charge in [-0.1, -0.05) is 17.7 Å². The number of hydrogen-bond acceptors (Lipinski definition) is 3. The monoisotopic (exact) mass is 233 g/mol. The molecular weight excluding hydrogens is 222 g/mol. The summed E-state index contributed by atoms with van der Waals surface area (Å²) in [5.41, 5.74) is 3.06. The van der Waals surface area contributed by atoms with Gasteiger partial charge in [0.1, 0.15) is 5.15 Å². The molecule has 82 valence electrons. The molecule has 0 bridgehead atoms. The SMILES string of the molecule is Cc1cc(Cl)ncc1NCc1ccccn1. The van der Waals surface area contributed by atoms with Crippen molar-refractivity contribution in [3.8, 4) is 0 Å². The second-order valence-electron chi connectivity index (χ2n) is 3.50.